The molecule has 10 heteroatoms. The van der Waals surface area contributed by atoms with E-state index in [-0.39, 0.29) is 22.1 Å². The molecule has 7 nitrogen and oxygen atoms in total. The Balaban J connectivity index is 1.43. The minimum Gasteiger partial charge on any atom is -0.495 e. The van der Waals surface area contributed by atoms with Crippen LogP contribution in [0.2, 0.25) is 5.02 Å². The van der Waals surface area contributed by atoms with Crippen LogP contribution in [0.1, 0.15) is 10.4 Å². The van der Waals surface area contributed by atoms with E-state index in [0.29, 0.717) is 40.6 Å². The first kappa shape index (κ1) is 27.0. The Hall–Kier alpha value is -4.08. The van der Waals surface area contributed by atoms with Gasteiger partial charge in [0, 0.05) is 34.9 Å². The van der Waals surface area contributed by atoms with Gasteiger partial charge in [-0.05, 0) is 66.2 Å². The van der Waals surface area contributed by atoms with Crippen LogP contribution in [0.4, 0.5) is 15.8 Å². The Morgan fingerprint density at radius 1 is 0.895 bits per heavy atom. The summed E-state index contributed by atoms with van der Waals surface area (Å²) in [5.41, 5.74) is 2.15. The number of methoxy groups -OCH3 is 1. The van der Waals surface area contributed by atoms with Gasteiger partial charge in [0.2, 0.25) is 0 Å². The predicted octanol–water partition coefficient (Wildman–Crippen LogP) is 5.80. The number of hydrogen-bond acceptors (Lipinski definition) is 5. The van der Waals surface area contributed by atoms with Gasteiger partial charge in [0.15, 0.2) is 0 Å². The SMILES string of the molecule is COc1ccc(-c2ccccc2F)cc1S(=O)(=O)Nc1cccc(NCCNC(=O)c2ccc(Cl)cc2)c1. The number of halogens is 2. The highest BCUT2D eigenvalue weighted by Crippen LogP contribution is 2.32. The van der Waals surface area contributed by atoms with Crippen molar-refractivity contribution in [3.05, 3.63) is 107 Å². The van der Waals surface area contributed by atoms with Crippen LogP contribution in [0.15, 0.2) is 95.9 Å². The number of carbonyl (C=O) groups excluding carboxylic acids is 1. The molecule has 0 unspecified atom stereocenters. The zero-order valence-corrected chi connectivity index (χ0v) is 21.9. The van der Waals surface area contributed by atoms with Crippen molar-refractivity contribution in [3.8, 4) is 16.9 Å². The van der Waals surface area contributed by atoms with Gasteiger partial charge in [0.25, 0.3) is 15.9 Å². The van der Waals surface area contributed by atoms with E-state index >= 15 is 0 Å². The molecule has 196 valence electrons. The molecule has 0 fully saturated rings. The molecule has 0 radical (unpaired) electrons. The number of rotatable bonds is 10. The summed E-state index contributed by atoms with van der Waals surface area (Å²) < 4.78 is 48.7. The fourth-order valence-corrected chi connectivity index (χ4v) is 5.11. The number of ether oxygens (including phenoxy) is 1. The first-order chi connectivity index (χ1) is 18.3. The van der Waals surface area contributed by atoms with Crippen molar-refractivity contribution in [2.45, 2.75) is 4.90 Å². The largest absolute Gasteiger partial charge is 0.495 e. The van der Waals surface area contributed by atoms with Gasteiger partial charge in [-0.1, -0.05) is 41.9 Å². The Morgan fingerprint density at radius 2 is 1.63 bits per heavy atom. The number of nitrogens with one attached hydrogen (secondary N) is 3. The van der Waals surface area contributed by atoms with Gasteiger partial charge in [0.05, 0.1) is 12.8 Å². The summed E-state index contributed by atoms with van der Waals surface area (Å²) in [4.78, 5) is 12.1. The van der Waals surface area contributed by atoms with E-state index in [1.165, 1.54) is 25.3 Å². The molecule has 0 saturated carbocycles. The Labute approximate surface area is 225 Å². The van der Waals surface area contributed by atoms with Crippen LogP contribution in [-0.2, 0) is 10.0 Å². The van der Waals surface area contributed by atoms with Crippen LogP contribution in [0, 0.1) is 5.82 Å². The number of benzene rings is 4. The van der Waals surface area contributed by atoms with Gasteiger partial charge in [-0.2, -0.15) is 0 Å². The lowest BCUT2D eigenvalue weighted by atomic mass is 10.1. The first-order valence-corrected chi connectivity index (χ1v) is 13.5. The van der Waals surface area contributed by atoms with E-state index < -0.39 is 15.8 Å². The molecule has 4 aromatic rings. The molecular formula is C28H25ClFN3O4S. The summed E-state index contributed by atoms with van der Waals surface area (Å²) in [5.74, 6) is -0.558. The van der Waals surface area contributed by atoms with Crippen LogP contribution in [-0.4, -0.2) is 34.5 Å². The van der Waals surface area contributed by atoms with Crippen LogP contribution < -0.4 is 20.1 Å². The van der Waals surface area contributed by atoms with Crippen molar-refractivity contribution >= 4 is 38.9 Å². The monoisotopic (exact) mass is 553 g/mol. The molecule has 0 heterocycles. The van der Waals surface area contributed by atoms with Gasteiger partial charge in [0.1, 0.15) is 16.5 Å². The quantitative estimate of drug-likeness (QED) is 0.216. The van der Waals surface area contributed by atoms with E-state index in [2.05, 4.69) is 15.4 Å². The molecule has 0 aliphatic heterocycles. The molecular weight excluding hydrogens is 529 g/mol. The van der Waals surface area contributed by atoms with E-state index in [0.717, 1.165) is 0 Å². The van der Waals surface area contributed by atoms with Crippen molar-refractivity contribution < 1.29 is 22.3 Å². The smallest absolute Gasteiger partial charge is 0.265 e. The maximum Gasteiger partial charge on any atom is 0.265 e. The summed E-state index contributed by atoms with van der Waals surface area (Å²) >= 11 is 5.85. The number of sulfonamides is 1. The van der Waals surface area contributed by atoms with Crippen LogP contribution in [0.25, 0.3) is 11.1 Å². The average molecular weight is 554 g/mol. The zero-order valence-electron chi connectivity index (χ0n) is 20.4. The molecule has 0 aliphatic rings. The first-order valence-electron chi connectivity index (χ1n) is 11.6. The van der Waals surface area contributed by atoms with E-state index in [9.17, 15) is 17.6 Å². The summed E-state index contributed by atoms with van der Waals surface area (Å²) in [5, 5.41) is 6.50. The third-order valence-electron chi connectivity index (χ3n) is 5.60. The van der Waals surface area contributed by atoms with E-state index in [1.54, 1.807) is 72.8 Å². The van der Waals surface area contributed by atoms with Crippen LogP contribution in [0.3, 0.4) is 0 Å². The maximum atomic E-state index is 14.3. The van der Waals surface area contributed by atoms with Crippen molar-refractivity contribution in [2.75, 3.05) is 30.2 Å². The van der Waals surface area contributed by atoms with Crippen molar-refractivity contribution in [1.82, 2.24) is 5.32 Å². The summed E-state index contributed by atoms with van der Waals surface area (Å²) in [6.07, 6.45) is 0. The van der Waals surface area contributed by atoms with Gasteiger partial charge in [-0.25, -0.2) is 12.8 Å². The highest BCUT2D eigenvalue weighted by molar-refractivity contribution is 7.92. The number of anilines is 2. The van der Waals surface area contributed by atoms with Crippen molar-refractivity contribution in [2.24, 2.45) is 0 Å². The lowest BCUT2D eigenvalue weighted by Gasteiger charge is -2.14. The van der Waals surface area contributed by atoms with E-state index in [4.69, 9.17) is 16.3 Å². The molecule has 0 saturated heterocycles. The molecule has 0 spiro atoms. The molecule has 4 aromatic carbocycles. The van der Waals surface area contributed by atoms with Crippen molar-refractivity contribution in [3.63, 3.8) is 0 Å². The normalized spacial score (nSPS) is 11.0. The van der Waals surface area contributed by atoms with E-state index in [1.807, 2.05) is 0 Å². The molecule has 3 N–H and O–H groups in total. The van der Waals surface area contributed by atoms with Crippen LogP contribution in [0.5, 0.6) is 5.75 Å². The predicted molar refractivity (Wildman–Crippen MR) is 148 cm³/mol. The fourth-order valence-electron chi connectivity index (χ4n) is 3.74. The number of carbonyl (C=O) groups is 1. The standard InChI is InChI=1S/C28H25ClFN3O4S/c1-37-26-14-11-20(24-7-2-3-8-25(24)30)17-27(26)38(35,36)33-23-6-4-5-22(18-23)31-15-16-32-28(34)19-9-12-21(29)13-10-19/h2-14,17-18,31,33H,15-16H2,1H3,(H,32,34). The highest BCUT2D eigenvalue weighted by atomic mass is 35.5. The summed E-state index contributed by atoms with van der Waals surface area (Å²) in [6, 6.07) is 23.9. The maximum absolute atomic E-state index is 14.3. The Bertz CT molecular complexity index is 1550. The summed E-state index contributed by atoms with van der Waals surface area (Å²) in [6.45, 7) is 0.755. The second-order valence-electron chi connectivity index (χ2n) is 8.22. The summed E-state index contributed by atoms with van der Waals surface area (Å²) in [7, 11) is -2.71. The number of amides is 1. The van der Waals surface area contributed by atoms with Crippen LogP contribution >= 0.6 is 11.6 Å². The Morgan fingerprint density at radius 3 is 2.37 bits per heavy atom. The molecule has 0 atom stereocenters. The lowest BCUT2D eigenvalue weighted by Crippen LogP contribution is -2.28. The molecule has 0 aliphatic carbocycles. The minimum atomic E-state index is -4.08. The highest BCUT2D eigenvalue weighted by Gasteiger charge is 2.21. The average Bonchev–Trinajstić information content (AvgIpc) is 2.91. The lowest BCUT2D eigenvalue weighted by molar-refractivity contribution is 0.0955. The van der Waals surface area contributed by atoms with Gasteiger partial charge < -0.3 is 15.4 Å². The Kier molecular flexibility index (Phi) is 8.50. The fraction of sp³-hybridized carbons (Fsp3) is 0.107. The van der Waals surface area contributed by atoms with Crippen molar-refractivity contribution in [1.29, 1.82) is 0 Å². The second-order valence-corrected chi connectivity index (χ2v) is 10.3. The molecule has 38 heavy (non-hydrogen) atoms. The second kappa shape index (κ2) is 12.0. The minimum absolute atomic E-state index is 0.121. The molecule has 0 bridgehead atoms. The zero-order chi connectivity index (χ0) is 27.1. The third kappa shape index (κ3) is 6.62. The van der Waals surface area contributed by atoms with Gasteiger partial charge in [-0.15, -0.1) is 0 Å². The van der Waals surface area contributed by atoms with Gasteiger partial charge >= 0.3 is 0 Å². The molecule has 1 amide bonds. The molecule has 4 rings (SSSR count). The van der Waals surface area contributed by atoms with Gasteiger partial charge in [-0.3, -0.25) is 9.52 Å². The number of hydrogen-bond donors (Lipinski definition) is 3. The topological polar surface area (TPSA) is 96.5 Å². The molecule has 0 aromatic heterocycles. The third-order valence-corrected chi connectivity index (χ3v) is 7.25.